The second-order valence-corrected chi connectivity index (χ2v) is 5.89. The monoisotopic (exact) mass is 316 g/mol. The lowest BCUT2D eigenvalue weighted by Crippen LogP contribution is -2.01. The standard InChI is InChI=1S/C21H20N2O/c1-16(2)12-13-24-20-10-8-18(9-11-20)21(19(14-22)15-23)17-6-4-3-5-7-17/h3-11,16H,12-13H2,1-2H3. The molecule has 0 fully saturated rings. The van der Waals surface area contributed by atoms with E-state index < -0.39 is 0 Å². The van der Waals surface area contributed by atoms with E-state index >= 15 is 0 Å². The van der Waals surface area contributed by atoms with Crippen LogP contribution in [0.25, 0.3) is 5.57 Å². The molecule has 0 atom stereocenters. The topological polar surface area (TPSA) is 56.8 Å². The van der Waals surface area contributed by atoms with Crippen molar-refractivity contribution in [2.24, 2.45) is 5.92 Å². The minimum atomic E-state index is 0.106. The quantitative estimate of drug-likeness (QED) is 0.708. The lowest BCUT2D eigenvalue weighted by atomic mass is 9.94. The first-order valence-corrected chi connectivity index (χ1v) is 7.99. The van der Waals surface area contributed by atoms with Gasteiger partial charge in [0, 0.05) is 5.57 Å². The second-order valence-electron chi connectivity index (χ2n) is 5.89. The van der Waals surface area contributed by atoms with Crippen molar-refractivity contribution < 1.29 is 4.74 Å². The van der Waals surface area contributed by atoms with Gasteiger partial charge in [0.15, 0.2) is 0 Å². The van der Waals surface area contributed by atoms with Crippen LogP contribution in [0.3, 0.4) is 0 Å². The lowest BCUT2D eigenvalue weighted by molar-refractivity contribution is 0.289. The first kappa shape index (κ1) is 17.3. The molecule has 120 valence electrons. The van der Waals surface area contributed by atoms with E-state index in [-0.39, 0.29) is 5.57 Å². The smallest absolute Gasteiger partial charge is 0.138 e. The fourth-order valence-corrected chi connectivity index (χ4v) is 2.33. The van der Waals surface area contributed by atoms with Gasteiger partial charge in [-0.15, -0.1) is 0 Å². The van der Waals surface area contributed by atoms with Gasteiger partial charge in [-0.25, -0.2) is 0 Å². The highest BCUT2D eigenvalue weighted by molar-refractivity contribution is 5.86. The molecule has 0 radical (unpaired) electrons. The number of nitriles is 2. The summed E-state index contributed by atoms with van der Waals surface area (Å²) in [6.45, 7) is 5.00. The third kappa shape index (κ3) is 4.48. The van der Waals surface area contributed by atoms with E-state index in [1.54, 1.807) is 0 Å². The molecule has 2 aromatic carbocycles. The van der Waals surface area contributed by atoms with Crippen LogP contribution in [0.5, 0.6) is 5.75 Å². The van der Waals surface area contributed by atoms with E-state index in [4.69, 9.17) is 4.74 Å². The molecule has 3 heteroatoms. The van der Waals surface area contributed by atoms with Crippen molar-refractivity contribution >= 4 is 5.57 Å². The Morgan fingerprint density at radius 2 is 1.50 bits per heavy atom. The van der Waals surface area contributed by atoms with Gasteiger partial charge in [-0.05, 0) is 35.6 Å². The van der Waals surface area contributed by atoms with Crippen molar-refractivity contribution in [2.45, 2.75) is 20.3 Å². The van der Waals surface area contributed by atoms with Crippen molar-refractivity contribution in [1.82, 2.24) is 0 Å². The Morgan fingerprint density at radius 1 is 0.917 bits per heavy atom. The highest BCUT2D eigenvalue weighted by Crippen LogP contribution is 2.28. The van der Waals surface area contributed by atoms with Gasteiger partial charge in [0.05, 0.1) is 6.61 Å². The van der Waals surface area contributed by atoms with E-state index in [2.05, 4.69) is 13.8 Å². The fraction of sp³-hybridized carbons (Fsp3) is 0.238. The zero-order valence-electron chi connectivity index (χ0n) is 14.0. The molecule has 24 heavy (non-hydrogen) atoms. The maximum atomic E-state index is 9.29. The number of benzene rings is 2. The molecule has 2 aromatic rings. The number of ether oxygens (including phenoxy) is 1. The van der Waals surface area contributed by atoms with E-state index in [0.717, 1.165) is 23.3 Å². The highest BCUT2D eigenvalue weighted by Gasteiger charge is 2.12. The first-order chi connectivity index (χ1) is 11.7. The normalized spacial score (nSPS) is 9.88. The van der Waals surface area contributed by atoms with Crippen LogP contribution in [0.15, 0.2) is 60.2 Å². The van der Waals surface area contributed by atoms with Crippen molar-refractivity contribution in [3.05, 3.63) is 71.3 Å². The van der Waals surface area contributed by atoms with E-state index in [1.807, 2.05) is 66.7 Å². The largest absolute Gasteiger partial charge is 0.494 e. The molecule has 0 saturated heterocycles. The Kier molecular flexibility index (Phi) is 6.17. The van der Waals surface area contributed by atoms with Crippen LogP contribution < -0.4 is 4.74 Å². The number of hydrogen-bond donors (Lipinski definition) is 0. The number of hydrogen-bond acceptors (Lipinski definition) is 3. The molecule has 3 nitrogen and oxygen atoms in total. The van der Waals surface area contributed by atoms with Crippen molar-refractivity contribution in [2.75, 3.05) is 6.61 Å². The molecule has 2 rings (SSSR count). The van der Waals surface area contributed by atoms with Crippen molar-refractivity contribution in [1.29, 1.82) is 10.5 Å². The van der Waals surface area contributed by atoms with Crippen LogP contribution in [0.1, 0.15) is 31.4 Å². The summed E-state index contributed by atoms with van der Waals surface area (Å²) in [4.78, 5) is 0. The average molecular weight is 316 g/mol. The van der Waals surface area contributed by atoms with Crippen LogP contribution in [-0.4, -0.2) is 6.61 Å². The Balaban J connectivity index is 2.31. The van der Waals surface area contributed by atoms with Crippen molar-refractivity contribution in [3.8, 4) is 17.9 Å². The highest BCUT2D eigenvalue weighted by atomic mass is 16.5. The Bertz CT molecular complexity index is 759. The summed E-state index contributed by atoms with van der Waals surface area (Å²) in [6, 6.07) is 21.0. The molecule has 0 aromatic heterocycles. The van der Waals surface area contributed by atoms with Gasteiger partial charge in [0.1, 0.15) is 23.5 Å². The molecular formula is C21H20N2O. The van der Waals surface area contributed by atoms with Gasteiger partial charge in [-0.2, -0.15) is 10.5 Å². The van der Waals surface area contributed by atoms with Crippen molar-refractivity contribution in [3.63, 3.8) is 0 Å². The maximum Gasteiger partial charge on any atom is 0.138 e. The van der Waals surface area contributed by atoms with Crippen LogP contribution in [0.2, 0.25) is 0 Å². The minimum absolute atomic E-state index is 0.106. The Hall–Kier alpha value is -3.04. The summed E-state index contributed by atoms with van der Waals surface area (Å²) >= 11 is 0. The van der Waals surface area contributed by atoms with Gasteiger partial charge in [0.2, 0.25) is 0 Å². The van der Waals surface area contributed by atoms with Gasteiger partial charge < -0.3 is 4.74 Å². The fourth-order valence-electron chi connectivity index (χ4n) is 2.33. The molecule has 0 aliphatic heterocycles. The third-order valence-electron chi connectivity index (χ3n) is 3.64. The molecule has 0 saturated carbocycles. The Morgan fingerprint density at radius 3 is 2.04 bits per heavy atom. The summed E-state index contributed by atoms with van der Waals surface area (Å²) < 4.78 is 5.72. The molecular weight excluding hydrogens is 296 g/mol. The van der Waals surface area contributed by atoms with E-state index in [9.17, 15) is 10.5 Å². The summed E-state index contributed by atoms with van der Waals surface area (Å²) in [5.41, 5.74) is 2.43. The average Bonchev–Trinajstić information content (AvgIpc) is 2.61. The second kappa shape index (κ2) is 8.56. The lowest BCUT2D eigenvalue weighted by Gasteiger charge is -2.11. The number of allylic oxidation sites excluding steroid dienone is 1. The predicted molar refractivity (Wildman–Crippen MR) is 95.1 cm³/mol. The molecule has 0 heterocycles. The maximum absolute atomic E-state index is 9.29. The summed E-state index contributed by atoms with van der Waals surface area (Å²) in [6.07, 6.45) is 1.00. The minimum Gasteiger partial charge on any atom is -0.494 e. The summed E-state index contributed by atoms with van der Waals surface area (Å²) in [5.74, 6) is 1.40. The molecule has 0 unspecified atom stereocenters. The SMILES string of the molecule is CC(C)CCOc1ccc(C(=C(C#N)C#N)c2ccccc2)cc1. The van der Waals surface area contributed by atoms with Crippen LogP contribution in [-0.2, 0) is 0 Å². The van der Waals surface area contributed by atoms with Crippen LogP contribution in [0.4, 0.5) is 0 Å². The summed E-state index contributed by atoms with van der Waals surface area (Å²) in [7, 11) is 0. The molecule has 0 amide bonds. The van der Waals surface area contributed by atoms with E-state index in [0.29, 0.717) is 18.1 Å². The molecule has 0 spiro atoms. The zero-order valence-corrected chi connectivity index (χ0v) is 14.0. The third-order valence-corrected chi connectivity index (χ3v) is 3.64. The van der Waals surface area contributed by atoms with Gasteiger partial charge in [-0.1, -0.05) is 56.3 Å². The number of rotatable bonds is 6. The molecule has 0 N–H and O–H groups in total. The summed E-state index contributed by atoms with van der Waals surface area (Å²) in [5, 5.41) is 18.6. The predicted octanol–water partition coefficient (Wildman–Crippen LogP) is 4.96. The van der Waals surface area contributed by atoms with Crippen LogP contribution in [0, 0.1) is 28.6 Å². The Labute approximate surface area is 143 Å². The van der Waals surface area contributed by atoms with Gasteiger partial charge in [0.25, 0.3) is 0 Å². The first-order valence-electron chi connectivity index (χ1n) is 7.99. The van der Waals surface area contributed by atoms with Gasteiger partial charge >= 0.3 is 0 Å². The number of nitrogens with zero attached hydrogens (tertiary/aromatic N) is 2. The molecule has 0 aliphatic carbocycles. The zero-order chi connectivity index (χ0) is 17.4. The van der Waals surface area contributed by atoms with E-state index in [1.165, 1.54) is 0 Å². The van der Waals surface area contributed by atoms with Crippen LogP contribution >= 0.6 is 0 Å². The van der Waals surface area contributed by atoms with Gasteiger partial charge in [-0.3, -0.25) is 0 Å². The molecule has 0 bridgehead atoms. The molecule has 0 aliphatic rings.